The molecule has 0 aliphatic carbocycles. The summed E-state index contributed by atoms with van der Waals surface area (Å²) in [5.74, 6) is 1.53. The van der Waals surface area contributed by atoms with Crippen molar-refractivity contribution in [2.75, 3.05) is 12.4 Å². The average molecular weight is 346 g/mol. The molecule has 6 heteroatoms. The molecule has 0 saturated heterocycles. The molecule has 0 fully saturated rings. The largest absolute Gasteiger partial charge is 0.497 e. The van der Waals surface area contributed by atoms with Crippen LogP contribution in [0.2, 0.25) is 0 Å². The smallest absolute Gasteiger partial charge is 0.263 e. The minimum Gasteiger partial charge on any atom is -0.497 e. The molecule has 0 radical (unpaired) electrons. The fourth-order valence-corrected chi connectivity index (χ4v) is 2.87. The van der Waals surface area contributed by atoms with E-state index in [1.54, 1.807) is 7.11 Å². The Bertz CT molecular complexity index is 1040. The van der Waals surface area contributed by atoms with E-state index in [0.717, 1.165) is 33.5 Å². The number of benzene rings is 2. The van der Waals surface area contributed by atoms with E-state index in [-0.39, 0.29) is 0 Å². The van der Waals surface area contributed by atoms with Gasteiger partial charge in [-0.1, -0.05) is 41.6 Å². The van der Waals surface area contributed by atoms with Crippen LogP contribution in [0.25, 0.3) is 22.4 Å². The fourth-order valence-electron chi connectivity index (χ4n) is 2.87. The first-order valence-corrected chi connectivity index (χ1v) is 8.29. The molecule has 4 aromatic rings. The second kappa shape index (κ2) is 6.84. The van der Waals surface area contributed by atoms with Crippen LogP contribution < -0.4 is 10.1 Å². The number of nitrogens with zero attached hydrogens (tertiary/aromatic N) is 3. The van der Waals surface area contributed by atoms with E-state index in [2.05, 4.69) is 20.4 Å². The zero-order valence-corrected chi connectivity index (χ0v) is 14.6. The van der Waals surface area contributed by atoms with Crippen LogP contribution in [-0.4, -0.2) is 22.2 Å². The molecule has 2 aromatic heterocycles. The third kappa shape index (κ3) is 2.97. The summed E-state index contributed by atoms with van der Waals surface area (Å²) in [4.78, 5) is 8.60. The van der Waals surface area contributed by atoms with Crippen molar-refractivity contribution in [1.82, 2.24) is 15.1 Å². The summed E-state index contributed by atoms with van der Waals surface area (Å²) in [6, 6.07) is 15.9. The summed E-state index contributed by atoms with van der Waals surface area (Å²) >= 11 is 0. The Morgan fingerprint density at radius 3 is 2.62 bits per heavy atom. The quantitative estimate of drug-likeness (QED) is 0.583. The second-order valence-electron chi connectivity index (χ2n) is 5.95. The lowest BCUT2D eigenvalue weighted by atomic mass is 10.0. The summed E-state index contributed by atoms with van der Waals surface area (Å²) < 4.78 is 10.6. The lowest BCUT2D eigenvalue weighted by molar-refractivity contribution is 0.414. The Kier molecular flexibility index (Phi) is 4.23. The molecular formula is C20H18N4O2. The van der Waals surface area contributed by atoms with E-state index in [4.69, 9.17) is 9.26 Å². The average Bonchev–Trinajstić information content (AvgIpc) is 3.12. The molecule has 0 amide bonds. The van der Waals surface area contributed by atoms with Crippen LogP contribution in [0.15, 0.2) is 59.4 Å². The van der Waals surface area contributed by atoms with Gasteiger partial charge in [-0.25, -0.2) is 4.98 Å². The van der Waals surface area contributed by atoms with Crippen molar-refractivity contribution < 1.29 is 9.26 Å². The van der Waals surface area contributed by atoms with Crippen LogP contribution in [0.1, 0.15) is 11.1 Å². The minimum absolute atomic E-state index is 0.468. The predicted octanol–water partition coefficient (Wildman–Crippen LogP) is 4.21. The first-order chi connectivity index (χ1) is 12.8. The van der Waals surface area contributed by atoms with Gasteiger partial charge in [-0.15, -0.1) is 0 Å². The highest BCUT2D eigenvalue weighted by Crippen LogP contribution is 2.33. The number of rotatable bonds is 5. The van der Waals surface area contributed by atoms with Crippen LogP contribution >= 0.6 is 0 Å². The van der Waals surface area contributed by atoms with Crippen molar-refractivity contribution in [2.45, 2.75) is 13.5 Å². The molecule has 0 atom stereocenters. The monoisotopic (exact) mass is 346 g/mol. The normalized spacial score (nSPS) is 10.8. The molecule has 130 valence electrons. The Morgan fingerprint density at radius 2 is 1.85 bits per heavy atom. The predicted molar refractivity (Wildman–Crippen MR) is 100 cm³/mol. The fraction of sp³-hybridized carbons (Fsp3) is 0.150. The zero-order valence-electron chi connectivity index (χ0n) is 14.6. The van der Waals surface area contributed by atoms with Crippen molar-refractivity contribution in [3.63, 3.8) is 0 Å². The lowest BCUT2D eigenvalue weighted by Crippen LogP contribution is -2.02. The number of nitrogens with one attached hydrogen (secondary N) is 1. The third-order valence-electron chi connectivity index (χ3n) is 4.29. The molecular weight excluding hydrogens is 328 g/mol. The summed E-state index contributed by atoms with van der Waals surface area (Å²) in [5.41, 5.74) is 4.46. The van der Waals surface area contributed by atoms with Gasteiger partial charge in [0.1, 0.15) is 29.0 Å². The van der Waals surface area contributed by atoms with E-state index in [9.17, 15) is 0 Å². The first kappa shape index (κ1) is 16.1. The van der Waals surface area contributed by atoms with Gasteiger partial charge < -0.3 is 14.6 Å². The summed E-state index contributed by atoms with van der Waals surface area (Å²) in [7, 11) is 1.66. The van der Waals surface area contributed by atoms with Gasteiger partial charge in [-0.05, 0) is 30.2 Å². The van der Waals surface area contributed by atoms with Crippen molar-refractivity contribution in [3.8, 4) is 17.0 Å². The molecule has 0 spiro atoms. The minimum atomic E-state index is 0.468. The SMILES string of the molecule is COc1ccc(CNc2ncnc3onc(-c4ccccc4C)c23)cc1. The highest BCUT2D eigenvalue weighted by molar-refractivity contribution is 5.98. The van der Waals surface area contributed by atoms with E-state index >= 15 is 0 Å². The first-order valence-electron chi connectivity index (χ1n) is 8.29. The molecule has 0 bridgehead atoms. The maximum Gasteiger partial charge on any atom is 0.263 e. The Hall–Kier alpha value is -3.41. The van der Waals surface area contributed by atoms with E-state index in [1.165, 1.54) is 6.33 Å². The molecule has 4 rings (SSSR count). The standard InChI is InChI=1S/C20H18N4O2/c1-13-5-3-4-6-16(13)18-17-19(22-12-23-20(17)26-24-18)21-11-14-7-9-15(25-2)10-8-14/h3-10,12H,11H2,1-2H3,(H,21,22,23). The van der Waals surface area contributed by atoms with Gasteiger partial charge in [-0.2, -0.15) is 4.98 Å². The molecule has 0 unspecified atom stereocenters. The zero-order chi connectivity index (χ0) is 17.9. The van der Waals surface area contributed by atoms with Crippen LogP contribution in [0.5, 0.6) is 5.75 Å². The number of aryl methyl sites for hydroxylation is 1. The molecule has 2 heterocycles. The molecule has 0 aliphatic heterocycles. The third-order valence-corrected chi connectivity index (χ3v) is 4.29. The summed E-state index contributed by atoms with van der Waals surface area (Å²) in [6.07, 6.45) is 1.48. The van der Waals surface area contributed by atoms with Gasteiger partial charge in [0, 0.05) is 12.1 Å². The van der Waals surface area contributed by atoms with Crippen LogP contribution in [0.4, 0.5) is 5.82 Å². The van der Waals surface area contributed by atoms with Gasteiger partial charge in [0.2, 0.25) is 0 Å². The maximum atomic E-state index is 5.42. The maximum absolute atomic E-state index is 5.42. The van der Waals surface area contributed by atoms with Crippen molar-refractivity contribution >= 4 is 16.9 Å². The number of hydrogen-bond donors (Lipinski definition) is 1. The number of anilines is 1. The van der Waals surface area contributed by atoms with Gasteiger partial charge in [0.05, 0.1) is 7.11 Å². The summed E-state index contributed by atoms with van der Waals surface area (Å²) in [5, 5.41) is 8.38. The lowest BCUT2D eigenvalue weighted by Gasteiger charge is -2.08. The number of aromatic nitrogens is 3. The molecule has 0 aliphatic rings. The highest BCUT2D eigenvalue weighted by Gasteiger charge is 2.17. The highest BCUT2D eigenvalue weighted by atomic mass is 16.5. The molecule has 6 nitrogen and oxygen atoms in total. The van der Waals surface area contributed by atoms with E-state index in [1.807, 2.05) is 55.5 Å². The Labute approximate surface area is 150 Å². The number of ether oxygens (including phenoxy) is 1. The van der Waals surface area contributed by atoms with Crippen molar-refractivity contribution in [3.05, 3.63) is 66.0 Å². The van der Waals surface area contributed by atoms with Crippen molar-refractivity contribution in [2.24, 2.45) is 0 Å². The topological polar surface area (TPSA) is 73.1 Å². The number of fused-ring (bicyclic) bond motifs is 1. The van der Waals surface area contributed by atoms with Gasteiger partial charge in [0.15, 0.2) is 0 Å². The van der Waals surface area contributed by atoms with Crippen LogP contribution in [0, 0.1) is 6.92 Å². The number of hydrogen-bond acceptors (Lipinski definition) is 6. The molecule has 1 N–H and O–H groups in total. The second-order valence-corrected chi connectivity index (χ2v) is 5.95. The number of methoxy groups -OCH3 is 1. The van der Waals surface area contributed by atoms with Crippen molar-refractivity contribution in [1.29, 1.82) is 0 Å². The Balaban J connectivity index is 1.69. The van der Waals surface area contributed by atoms with E-state index in [0.29, 0.717) is 18.1 Å². The van der Waals surface area contributed by atoms with Gasteiger partial charge >= 0.3 is 0 Å². The van der Waals surface area contributed by atoms with Crippen LogP contribution in [0.3, 0.4) is 0 Å². The van der Waals surface area contributed by atoms with E-state index < -0.39 is 0 Å². The molecule has 2 aromatic carbocycles. The van der Waals surface area contributed by atoms with Gasteiger partial charge in [-0.3, -0.25) is 0 Å². The van der Waals surface area contributed by atoms with Gasteiger partial charge in [0.25, 0.3) is 5.71 Å². The molecule has 26 heavy (non-hydrogen) atoms. The summed E-state index contributed by atoms with van der Waals surface area (Å²) in [6.45, 7) is 2.67. The Morgan fingerprint density at radius 1 is 1.04 bits per heavy atom. The molecule has 0 saturated carbocycles. The van der Waals surface area contributed by atoms with Crippen LogP contribution in [-0.2, 0) is 6.54 Å².